The van der Waals surface area contributed by atoms with Gasteiger partial charge >= 0.3 is 6.18 Å². The zero-order valence-electron chi connectivity index (χ0n) is 9.82. The first-order valence-corrected chi connectivity index (χ1v) is 5.37. The Kier molecular flexibility index (Phi) is 2.88. The van der Waals surface area contributed by atoms with Crippen molar-refractivity contribution < 1.29 is 18.0 Å². The van der Waals surface area contributed by atoms with Gasteiger partial charge in [0.1, 0.15) is 0 Å². The van der Waals surface area contributed by atoms with Crippen LogP contribution in [0.4, 0.5) is 18.9 Å². The van der Waals surface area contributed by atoms with Crippen LogP contribution in [-0.4, -0.2) is 11.6 Å². The van der Waals surface area contributed by atoms with Crippen LogP contribution in [0.15, 0.2) is 29.4 Å². The van der Waals surface area contributed by atoms with E-state index in [1.165, 1.54) is 12.1 Å². The van der Waals surface area contributed by atoms with Crippen molar-refractivity contribution in [1.29, 1.82) is 0 Å². The fraction of sp³-hybridized carbons (Fsp3) is 0.333. The van der Waals surface area contributed by atoms with Gasteiger partial charge in [0.15, 0.2) is 0 Å². The van der Waals surface area contributed by atoms with Crippen LogP contribution in [-0.2, 0) is 11.0 Å². The minimum atomic E-state index is -4.43. The van der Waals surface area contributed by atoms with Crippen LogP contribution in [0.5, 0.6) is 0 Å². The summed E-state index contributed by atoms with van der Waals surface area (Å²) in [6.07, 6.45) is -4.43. The van der Waals surface area contributed by atoms with Crippen LogP contribution in [0.2, 0.25) is 0 Å². The first-order chi connectivity index (χ1) is 8.30. The summed E-state index contributed by atoms with van der Waals surface area (Å²) >= 11 is 0. The number of amides is 1. The second kappa shape index (κ2) is 4.12. The number of benzene rings is 1. The van der Waals surface area contributed by atoms with E-state index in [9.17, 15) is 18.0 Å². The number of carbonyl (C=O) groups excluding carboxylic acids is 1. The van der Waals surface area contributed by atoms with Crippen molar-refractivity contribution in [3.8, 4) is 0 Å². The van der Waals surface area contributed by atoms with E-state index in [2.05, 4.69) is 5.10 Å². The van der Waals surface area contributed by atoms with E-state index in [-0.39, 0.29) is 17.5 Å². The third kappa shape index (κ3) is 2.10. The monoisotopic (exact) mass is 256 g/mol. The highest BCUT2D eigenvalue weighted by Gasteiger charge is 2.34. The predicted octanol–water partition coefficient (Wildman–Crippen LogP) is 3.06. The fourth-order valence-electron chi connectivity index (χ4n) is 1.65. The number of nitrogens with zero attached hydrogens (tertiary/aromatic N) is 2. The molecule has 0 aromatic heterocycles. The standard InChI is InChI=1S/C12H11F3N2O/c1-7-8(2)16-17(11(7)18)10-5-3-4-9(6-10)12(13,14)15/h3-7H,1-2H3. The number of alkyl halides is 3. The molecule has 1 aliphatic rings. The van der Waals surface area contributed by atoms with Crippen LogP contribution in [0, 0.1) is 5.92 Å². The van der Waals surface area contributed by atoms with Gasteiger partial charge < -0.3 is 0 Å². The van der Waals surface area contributed by atoms with Crippen molar-refractivity contribution in [2.75, 3.05) is 5.01 Å². The van der Waals surface area contributed by atoms with Crippen molar-refractivity contribution in [1.82, 2.24) is 0 Å². The second-order valence-corrected chi connectivity index (χ2v) is 4.16. The highest BCUT2D eigenvalue weighted by atomic mass is 19.4. The van der Waals surface area contributed by atoms with Crippen LogP contribution < -0.4 is 5.01 Å². The normalized spacial score (nSPS) is 20.3. The zero-order chi connectivity index (χ0) is 13.5. The molecule has 0 bridgehead atoms. The summed E-state index contributed by atoms with van der Waals surface area (Å²) in [5, 5.41) is 5.00. The Bertz CT molecular complexity index is 522. The van der Waals surface area contributed by atoms with E-state index in [0.717, 1.165) is 17.1 Å². The summed E-state index contributed by atoms with van der Waals surface area (Å²) in [6, 6.07) is 4.58. The number of anilines is 1. The average Bonchev–Trinajstić information content (AvgIpc) is 2.56. The van der Waals surface area contributed by atoms with Gasteiger partial charge in [-0.15, -0.1) is 0 Å². The Morgan fingerprint density at radius 3 is 2.50 bits per heavy atom. The maximum absolute atomic E-state index is 12.6. The van der Waals surface area contributed by atoms with Gasteiger partial charge in [0, 0.05) is 5.71 Å². The van der Waals surface area contributed by atoms with Crippen molar-refractivity contribution >= 4 is 17.3 Å². The van der Waals surface area contributed by atoms with Crippen LogP contribution in [0.3, 0.4) is 0 Å². The minimum Gasteiger partial charge on any atom is -0.272 e. The van der Waals surface area contributed by atoms with Crippen LogP contribution in [0.25, 0.3) is 0 Å². The summed E-state index contributed by atoms with van der Waals surface area (Å²) in [5.41, 5.74) is -0.0591. The van der Waals surface area contributed by atoms with E-state index in [1.54, 1.807) is 13.8 Å². The van der Waals surface area contributed by atoms with Crippen LogP contribution in [0.1, 0.15) is 19.4 Å². The highest BCUT2D eigenvalue weighted by molar-refractivity contribution is 6.14. The highest BCUT2D eigenvalue weighted by Crippen LogP contribution is 2.33. The molecule has 1 aliphatic heterocycles. The van der Waals surface area contributed by atoms with E-state index in [4.69, 9.17) is 0 Å². The fourth-order valence-corrected chi connectivity index (χ4v) is 1.65. The molecule has 3 nitrogen and oxygen atoms in total. The Morgan fingerprint density at radius 2 is 2.00 bits per heavy atom. The third-order valence-electron chi connectivity index (χ3n) is 2.88. The van der Waals surface area contributed by atoms with Crippen molar-refractivity contribution in [3.05, 3.63) is 29.8 Å². The molecule has 0 N–H and O–H groups in total. The van der Waals surface area contributed by atoms with Gasteiger partial charge in [0.2, 0.25) is 0 Å². The van der Waals surface area contributed by atoms with Gasteiger partial charge in [0.25, 0.3) is 5.91 Å². The van der Waals surface area contributed by atoms with Crippen molar-refractivity contribution in [2.24, 2.45) is 11.0 Å². The molecule has 1 aromatic carbocycles. The lowest BCUT2D eigenvalue weighted by Crippen LogP contribution is -2.25. The molecule has 96 valence electrons. The molecule has 1 unspecified atom stereocenters. The average molecular weight is 256 g/mol. The Balaban J connectivity index is 2.39. The summed E-state index contributed by atoms with van der Waals surface area (Å²) in [6.45, 7) is 3.35. The molecular formula is C12H11F3N2O. The molecule has 6 heteroatoms. The van der Waals surface area contributed by atoms with E-state index in [1.807, 2.05) is 0 Å². The Hall–Kier alpha value is -1.85. The number of carbonyl (C=O) groups is 1. The lowest BCUT2D eigenvalue weighted by atomic mass is 10.1. The predicted molar refractivity (Wildman–Crippen MR) is 61.2 cm³/mol. The molecule has 0 saturated carbocycles. The molecule has 1 atom stereocenters. The quantitative estimate of drug-likeness (QED) is 0.760. The number of hydrazone groups is 1. The summed E-state index contributed by atoms with van der Waals surface area (Å²) in [4.78, 5) is 11.8. The van der Waals surface area contributed by atoms with Gasteiger partial charge in [-0.25, -0.2) is 5.01 Å². The molecule has 0 aliphatic carbocycles. The number of hydrogen-bond acceptors (Lipinski definition) is 2. The van der Waals surface area contributed by atoms with E-state index >= 15 is 0 Å². The van der Waals surface area contributed by atoms with Gasteiger partial charge in [-0.1, -0.05) is 6.07 Å². The Morgan fingerprint density at radius 1 is 1.33 bits per heavy atom. The largest absolute Gasteiger partial charge is 0.416 e. The van der Waals surface area contributed by atoms with E-state index in [0.29, 0.717) is 5.71 Å². The topological polar surface area (TPSA) is 32.7 Å². The molecule has 0 fully saturated rings. The summed E-state index contributed by atoms with van der Waals surface area (Å²) in [7, 11) is 0. The zero-order valence-corrected chi connectivity index (χ0v) is 9.82. The molecule has 0 radical (unpaired) electrons. The van der Waals surface area contributed by atoms with Gasteiger partial charge in [-0.05, 0) is 32.0 Å². The lowest BCUT2D eigenvalue weighted by Gasteiger charge is -2.15. The molecule has 1 aromatic rings. The van der Waals surface area contributed by atoms with Gasteiger partial charge in [0.05, 0.1) is 17.2 Å². The molecule has 1 amide bonds. The smallest absolute Gasteiger partial charge is 0.272 e. The van der Waals surface area contributed by atoms with Crippen LogP contribution >= 0.6 is 0 Å². The summed E-state index contributed by atoms with van der Waals surface area (Å²) < 4.78 is 37.7. The summed E-state index contributed by atoms with van der Waals surface area (Å²) in [5.74, 6) is -0.702. The van der Waals surface area contributed by atoms with Gasteiger partial charge in [-0.2, -0.15) is 18.3 Å². The number of halogens is 3. The van der Waals surface area contributed by atoms with Crippen molar-refractivity contribution in [3.63, 3.8) is 0 Å². The number of hydrogen-bond donors (Lipinski definition) is 0. The first kappa shape index (κ1) is 12.6. The first-order valence-electron chi connectivity index (χ1n) is 5.37. The van der Waals surface area contributed by atoms with Gasteiger partial charge in [-0.3, -0.25) is 4.79 Å². The second-order valence-electron chi connectivity index (χ2n) is 4.16. The van der Waals surface area contributed by atoms with E-state index < -0.39 is 11.7 Å². The SMILES string of the molecule is CC1=NN(c2cccc(C(F)(F)F)c2)C(=O)C1C. The van der Waals surface area contributed by atoms with Crippen molar-refractivity contribution in [2.45, 2.75) is 20.0 Å². The lowest BCUT2D eigenvalue weighted by molar-refractivity contribution is -0.137. The molecule has 0 saturated heterocycles. The maximum Gasteiger partial charge on any atom is 0.416 e. The maximum atomic E-state index is 12.6. The molecule has 1 heterocycles. The molecule has 18 heavy (non-hydrogen) atoms. The molecule has 2 rings (SSSR count). The number of rotatable bonds is 1. The third-order valence-corrected chi connectivity index (χ3v) is 2.88. The molecule has 0 spiro atoms. The minimum absolute atomic E-state index is 0.138. The Labute approximate surface area is 102 Å². The molecular weight excluding hydrogens is 245 g/mol.